The van der Waals surface area contributed by atoms with E-state index < -0.39 is 17.8 Å². The minimum absolute atomic E-state index is 0.212. The molecule has 3 rings (SSSR count). The molecule has 1 aliphatic heterocycles. The van der Waals surface area contributed by atoms with Gasteiger partial charge in [0.1, 0.15) is 17.1 Å². The number of urea groups is 1. The second-order valence-corrected chi connectivity index (χ2v) is 5.91. The van der Waals surface area contributed by atoms with Crippen LogP contribution in [-0.4, -0.2) is 37.5 Å². The molecule has 0 atom stereocenters. The quantitative estimate of drug-likeness (QED) is 0.503. The molecule has 5 amide bonds. The molecule has 2 aromatic carbocycles. The molecule has 9 heteroatoms. The Labute approximate surface area is 165 Å². The van der Waals surface area contributed by atoms with Crippen LogP contribution in [0.1, 0.15) is 5.56 Å². The lowest BCUT2D eigenvalue weighted by Crippen LogP contribution is -2.51. The molecule has 0 spiro atoms. The van der Waals surface area contributed by atoms with Crippen molar-refractivity contribution in [2.24, 2.45) is 0 Å². The van der Waals surface area contributed by atoms with Crippen LogP contribution in [0.4, 0.5) is 10.5 Å². The van der Waals surface area contributed by atoms with E-state index in [9.17, 15) is 19.2 Å². The van der Waals surface area contributed by atoms with Gasteiger partial charge in [-0.05, 0) is 35.9 Å². The number of para-hydroxylation sites is 2. The van der Waals surface area contributed by atoms with Gasteiger partial charge in [-0.2, -0.15) is 0 Å². The molecule has 0 unspecified atom stereocenters. The highest BCUT2D eigenvalue weighted by Crippen LogP contribution is 2.23. The summed E-state index contributed by atoms with van der Waals surface area (Å²) in [7, 11) is 1.50. The molecule has 29 heavy (non-hydrogen) atoms. The third-order valence-corrected chi connectivity index (χ3v) is 3.86. The molecule has 0 aromatic heterocycles. The van der Waals surface area contributed by atoms with Crippen LogP contribution in [0.15, 0.2) is 54.1 Å². The minimum atomic E-state index is -0.865. The number of nitrogens with one attached hydrogen (secondary N) is 3. The van der Waals surface area contributed by atoms with Crippen LogP contribution in [-0.2, 0) is 14.4 Å². The van der Waals surface area contributed by atoms with Gasteiger partial charge in [0.2, 0.25) is 0 Å². The SMILES string of the molecule is COc1ccccc1NC(=O)COc1cccc(C=C2C(=O)NC(=O)NC2=O)c1. The van der Waals surface area contributed by atoms with E-state index in [0.29, 0.717) is 22.7 Å². The molecule has 3 N–H and O–H groups in total. The topological polar surface area (TPSA) is 123 Å². The van der Waals surface area contributed by atoms with Crippen LogP contribution in [0.5, 0.6) is 11.5 Å². The average molecular weight is 395 g/mol. The highest BCUT2D eigenvalue weighted by Gasteiger charge is 2.27. The first-order valence-corrected chi connectivity index (χ1v) is 8.50. The molecular weight excluding hydrogens is 378 g/mol. The van der Waals surface area contributed by atoms with Gasteiger partial charge in [-0.1, -0.05) is 24.3 Å². The molecule has 1 heterocycles. The fraction of sp³-hybridized carbons (Fsp3) is 0.100. The number of methoxy groups -OCH3 is 1. The van der Waals surface area contributed by atoms with Gasteiger partial charge in [0.15, 0.2) is 6.61 Å². The standard InChI is InChI=1S/C20H17N3O6/c1-28-16-8-3-2-7-15(16)21-17(24)11-29-13-6-4-5-12(9-13)10-14-18(25)22-20(27)23-19(14)26/h2-10H,11H2,1H3,(H,21,24)(H2,22,23,25,26,27). The second kappa shape index (κ2) is 8.70. The van der Waals surface area contributed by atoms with Crippen LogP contribution in [0.25, 0.3) is 6.08 Å². The highest BCUT2D eigenvalue weighted by atomic mass is 16.5. The van der Waals surface area contributed by atoms with Gasteiger partial charge in [-0.3, -0.25) is 25.0 Å². The molecule has 0 saturated carbocycles. The lowest BCUT2D eigenvalue weighted by atomic mass is 10.1. The number of anilines is 1. The molecule has 2 aromatic rings. The summed E-state index contributed by atoms with van der Waals surface area (Å²) in [6.45, 7) is -0.256. The maximum absolute atomic E-state index is 12.1. The van der Waals surface area contributed by atoms with E-state index >= 15 is 0 Å². The van der Waals surface area contributed by atoms with Crippen molar-refractivity contribution < 1.29 is 28.7 Å². The number of rotatable bonds is 6. The Kier molecular flexibility index (Phi) is 5.88. The summed E-state index contributed by atoms with van der Waals surface area (Å²) in [4.78, 5) is 46.8. The normalized spacial score (nSPS) is 13.3. The van der Waals surface area contributed by atoms with Gasteiger partial charge >= 0.3 is 6.03 Å². The van der Waals surface area contributed by atoms with Gasteiger partial charge in [0.25, 0.3) is 17.7 Å². The lowest BCUT2D eigenvalue weighted by Gasteiger charge is -2.14. The Morgan fingerprint density at radius 3 is 2.48 bits per heavy atom. The second-order valence-electron chi connectivity index (χ2n) is 5.91. The number of benzene rings is 2. The average Bonchev–Trinajstić information content (AvgIpc) is 2.70. The Morgan fingerprint density at radius 1 is 1.03 bits per heavy atom. The summed E-state index contributed by atoms with van der Waals surface area (Å²) < 4.78 is 10.6. The van der Waals surface area contributed by atoms with Gasteiger partial charge in [0.05, 0.1) is 12.8 Å². The predicted molar refractivity (Wildman–Crippen MR) is 103 cm³/mol. The fourth-order valence-corrected chi connectivity index (χ4v) is 2.55. The molecule has 0 bridgehead atoms. The molecular formula is C20H17N3O6. The predicted octanol–water partition coefficient (Wildman–Crippen LogP) is 1.46. The minimum Gasteiger partial charge on any atom is -0.495 e. The van der Waals surface area contributed by atoms with Crippen molar-refractivity contribution in [3.8, 4) is 11.5 Å². The van der Waals surface area contributed by atoms with Crippen molar-refractivity contribution in [2.75, 3.05) is 19.0 Å². The highest BCUT2D eigenvalue weighted by molar-refractivity contribution is 6.31. The number of ether oxygens (including phenoxy) is 2. The largest absolute Gasteiger partial charge is 0.495 e. The van der Waals surface area contributed by atoms with Crippen LogP contribution in [0.2, 0.25) is 0 Å². The zero-order valence-electron chi connectivity index (χ0n) is 15.4. The van der Waals surface area contributed by atoms with Crippen LogP contribution in [0.3, 0.4) is 0 Å². The summed E-state index contributed by atoms with van der Waals surface area (Å²) in [5.41, 5.74) is 0.795. The molecule has 0 aliphatic carbocycles. The van der Waals surface area contributed by atoms with E-state index in [-0.39, 0.29) is 18.1 Å². The first-order chi connectivity index (χ1) is 14.0. The van der Waals surface area contributed by atoms with Crippen molar-refractivity contribution in [3.63, 3.8) is 0 Å². The number of carbonyl (C=O) groups excluding carboxylic acids is 4. The van der Waals surface area contributed by atoms with E-state index in [1.165, 1.54) is 13.2 Å². The maximum atomic E-state index is 12.1. The summed E-state index contributed by atoms with van der Waals surface area (Å²) in [6, 6.07) is 12.6. The third-order valence-electron chi connectivity index (χ3n) is 3.86. The molecule has 0 radical (unpaired) electrons. The third kappa shape index (κ3) is 4.98. The Balaban J connectivity index is 1.65. The maximum Gasteiger partial charge on any atom is 0.328 e. The van der Waals surface area contributed by atoms with Crippen molar-refractivity contribution in [1.29, 1.82) is 0 Å². The Bertz CT molecular complexity index is 993. The van der Waals surface area contributed by atoms with Gasteiger partial charge in [-0.15, -0.1) is 0 Å². The summed E-state index contributed by atoms with van der Waals surface area (Å²) in [5, 5.41) is 6.68. The molecule has 1 aliphatic rings. The Morgan fingerprint density at radius 2 is 1.76 bits per heavy atom. The number of imide groups is 2. The van der Waals surface area contributed by atoms with Crippen molar-refractivity contribution in [1.82, 2.24) is 10.6 Å². The monoisotopic (exact) mass is 395 g/mol. The van der Waals surface area contributed by atoms with E-state index in [1.807, 2.05) is 10.6 Å². The van der Waals surface area contributed by atoms with Crippen LogP contribution in [0, 0.1) is 0 Å². The van der Waals surface area contributed by atoms with E-state index in [2.05, 4.69) is 5.32 Å². The Hall–Kier alpha value is -4.14. The fourth-order valence-electron chi connectivity index (χ4n) is 2.55. The van der Waals surface area contributed by atoms with Crippen LogP contribution < -0.4 is 25.4 Å². The molecule has 9 nitrogen and oxygen atoms in total. The van der Waals surface area contributed by atoms with Gasteiger partial charge in [0, 0.05) is 0 Å². The molecule has 1 fully saturated rings. The molecule has 1 saturated heterocycles. The number of amides is 5. The number of carbonyl (C=O) groups is 4. The lowest BCUT2D eigenvalue weighted by molar-refractivity contribution is -0.124. The number of hydrogen-bond donors (Lipinski definition) is 3. The molecule has 148 valence electrons. The van der Waals surface area contributed by atoms with E-state index in [1.54, 1.807) is 48.5 Å². The first-order valence-electron chi connectivity index (χ1n) is 8.50. The summed E-state index contributed by atoms with van der Waals surface area (Å²) >= 11 is 0. The first kappa shape index (κ1) is 19.6. The number of barbiturate groups is 1. The summed E-state index contributed by atoms with van der Waals surface area (Å²) in [5.74, 6) is -1.08. The van der Waals surface area contributed by atoms with Gasteiger partial charge in [-0.25, -0.2) is 4.79 Å². The number of hydrogen-bond acceptors (Lipinski definition) is 6. The smallest absolute Gasteiger partial charge is 0.328 e. The zero-order valence-corrected chi connectivity index (χ0v) is 15.4. The van der Waals surface area contributed by atoms with Crippen molar-refractivity contribution in [2.45, 2.75) is 0 Å². The van der Waals surface area contributed by atoms with Crippen molar-refractivity contribution >= 4 is 35.5 Å². The zero-order chi connectivity index (χ0) is 20.8. The van der Waals surface area contributed by atoms with Crippen LogP contribution >= 0.6 is 0 Å². The van der Waals surface area contributed by atoms with Gasteiger partial charge < -0.3 is 14.8 Å². The van der Waals surface area contributed by atoms with Crippen molar-refractivity contribution in [3.05, 3.63) is 59.7 Å². The summed E-state index contributed by atoms with van der Waals surface area (Å²) in [6.07, 6.45) is 1.32. The van der Waals surface area contributed by atoms with E-state index in [4.69, 9.17) is 9.47 Å². The van der Waals surface area contributed by atoms with E-state index in [0.717, 1.165) is 0 Å².